The van der Waals surface area contributed by atoms with Crippen LogP contribution in [0.1, 0.15) is 52.9 Å². The van der Waals surface area contributed by atoms with Gasteiger partial charge in [0, 0.05) is 18.3 Å². The number of hydrogen-bond donors (Lipinski definition) is 2. The number of ketones is 2. The van der Waals surface area contributed by atoms with Crippen molar-refractivity contribution in [2.45, 2.75) is 59.0 Å². The van der Waals surface area contributed by atoms with E-state index in [2.05, 4.69) is 6.92 Å². The molecule has 4 heteroatoms. The van der Waals surface area contributed by atoms with Gasteiger partial charge in [-0.1, -0.05) is 26.3 Å². The summed E-state index contributed by atoms with van der Waals surface area (Å²) in [6.45, 7) is 5.84. The second kappa shape index (κ2) is 5.52. The summed E-state index contributed by atoms with van der Waals surface area (Å²) in [7, 11) is 0. The van der Waals surface area contributed by atoms with Crippen molar-refractivity contribution in [2.75, 3.05) is 6.61 Å². The van der Waals surface area contributed by atoms with Gasteiger partial charge < -0.3 is 10.2 Å². The summed E-state index contributed by atoms with van der Waals surface area (Å²) in [6, 6.07) is 0. The number of allylic oxidation sites excluding steroid dienone is 2. The molecular weight excluding hydrogens is 292 g/mol. The molecule has 2 saturated carbocycles. The van der Waals surface area contributed by atoms with Crippen LogP contribution >= 0.6 is 0 Å². The zero-order valence-electron chi connectivity index (χ0n) is 14.3. The van der Waals surface area contributed by atoms with Crippen molar-refractivity contribution < 1.29 is 19.8 Å². The molecule has 0 saturated heterocycles. The third kappa shape index (κ3) is 2.42. The fourth-order valence-corrected chi connectivity index (χ4v) is 5.51. The van der Waals surface area contributed by atoms with Crippen molar-refractivity contribution in [1.82, 2.24) is 0 Å². The van der Waals surface area contributed by atoms with Crippen LogP contribution in [-0.4, -0.2) is 34.5 Å². The zero-order chi connectivity index (χ0) is 17.0. The standard InChI is InChI=1S/C19H28O4/c1-11-14(21)5-7-19(3)13-4-6-18(2,16(23)10-20)9-12(13)8-15(22)17(11)19/h8,11,13,16-17,20,23H,4-7,9-10H2,1-3H3/t11-,13+,16?,17+,18+,19+/m0/s1. The number of fused-ring (bicyclic) bond motifs is 3. The Bertz CT molecular complexity index is 566. The maximum Gasteiger partial charge on any atom is 0.160 e. The van der Waals surface area contributed by atoms with Crippen LogP contribution in [0, 0.1) is 28.6 Å². The van der Waals surface area contributed by atoms with Crippen molar-refractivity contribution in [3.05, 3.63) is 11.6 Å². The van der Waals surface area contributed by atoms with Gasteiger partial charge in [-0.25, -0.2) is 0 Å². The highest BCUT2D eigenvalue weighted by Gasteiger charge is 2.56. The van der Waals surface area contributed by atoms with Crippen LogP contribution in [-0.2, 0) is 9.59 Å². The molecule has 0 aliphatic heterocycles. The first-order valence-corrected chi connectivity index (χ1v) is 8.79. The molecule has 3 rings (SSSR count). The molecule has 1 unspecified atom stereocenters. The third-order valence-corrected chi connectivity index (χ3v) is 7.10. The largest absolute Gasteiger partial charge is 0.394 e. The van der Waals surface area contributed by atoms with Crippen LogP contribution in [0.4, 0.5) is 0 Å². The van der Waals surface area contributed by atoms with Gasteiger partial charge in [0.05, 0.1) is 12.7 Å². The van der Waals surface area contributed by atoms with E-state index in [9.17, 15) is 19.8 Å². The second-order valence-electron chi connectivity index (χ2n) is 8.48. The highest BCUT2D eigenvalue weighted by atomic mass is 16.3. The topological polar surface area (TPSA) is 74.6 Å². The fourth-order valence-electron chi connectivity index (χ4n) is 5.51. The van der Waals surface area contributed by atoms with E-state index in [4.69, 9.17) is 0 Å². The summed E-state index contributed by atoms with van der Waals surface area (Å²) in [6.07, 6.45) is 4.78. The lowest BCUT2D eigenvalue weighted by Crippen LogP contribution is -2.54. The molecule has 0 aromatic heterocycles. The van der Waals surface area contributed by atoms with Crippen LogP contribution in [0.2, 0.25) is 0 Å². The monoisotopic (exact) mass is 320 g/mol. The number of carbonyl (C=O) groups excluding carboxylic acids is 2. The highest BCUT2D eigenvalue weighted by molar-refractivity contribution is 5.99. The molecule has 0 aromatic carbocycles. The number of Topliss-reactive ketones (excluding diaryl/α,β-unsaturated/α-hetero) is 1. The van der Waals surface area contributed by atoms with Crippen LogP contribution in [0.5, 0.6) is 0 Å². The molecule has 0 radical (unpaired) electrons. The molecule has 3 aliphatic rings. The van der Waals surface area contributed by atoms with Gasteiger partial charge in [-0.05, 0) is 48.5 Å². The smallest absolute Gasteiger partial charge is 0.160 e. The predicted octanol–water partition coefficient (Wildman–Crippen LogP) is 2.28. The summed E-state index contributed by atoms with van der Waals surface area (Å²) in [4.78, 5) is 24.8. The molecule has 2 N–H and O–H groups in total. The van der Waals surface area contributed by atoms with Gasteiger partial charge >= 0.3 is 0 Å². The Morgan fingerprint density at radius 3 is 2.65 bits per heavy atom. The Balaban J connectivity index is 1.96. The number of carbonyl (C=O) groups is 2. The first-order valence-electron chi connectivity index (χ1n) is 8.79. The van der Waals surface area contributed by atoms with E-state index in [1.54, 1.807) is 6.08 Å². The van der Waals surface area contributed by atoms with Crippen molar-refractivity contribution >= 4 is 11.6 Å². The lowest BCUT2D eigenvalue weighted by atomic mass is 9.48. The minimum Gasteiger partial charge on any atom is -0.394 e. The minimum atomic E-state index is -0.753. The van der Waals surface area contributed by atoms with E-state index in [0.717, 1.165) is 24.8 Å². The first kappa shape index (κ1) is 16.8. The Kier molecular flexibility index (Phi) is 4.04. The molecule has 128 valence electrons. The summed E-state index contributed by atoms with van der Waals surface area (Å²) in [5.41, 5.74) is 0.618. The van der Waals surface area contributed by atoms with Gasteiger partial charge in [-0.15, -0.1) is 0 Å². The van der Waals surface area contributed by atoms with Gasteiger partial charge in [0.1, 0.15) is 5.78 Å². The molecule has 6 atom stereocenters. The molecule has 0 amide bonds. The summed E-state index contributed by atoms with van der Waals surface area (Å²) < 4.78 is 0. The van der Waals surface area contributed by atoms with Crippen molar-refractivity contribution in [3.8, 4) is 0 Å². The normalized spacial score (nSPS) is 45.1. The molecular formula is C19H28O4. The SMILES string of the molecule is C[C@H]1C(=O)CC[C@]2(C)[C@@H]3CC[C@@](C)(C(O)CO)CC3=CC(=O)[C@@H]12. The summed E-state index contributed by atoms with van der Waals surface area (Å²) >= 11 is 0. The molecule has 4 nitrogen and oxygen atoms in total. The molecule has 3 aliphatic carbocycles. The van der Waals surface area contributed by atoms with E-state index in [0.29, 0.717) is 18.8 Å². The van der Waals surface area contributed by atoms with Crippen LogP contribution in [0.25, 0.3) is 0 Å². The fraction of sp³-hybridized carbons (Fsp3) is 0.789. The van der Waals surface area contributed by atoms with E-state index in [1.165, 1.54) is 0 Å². The van der Waals surface area contributed by atoms with Gasteiger partial charge in [-0.3, -0.25) is 9.59 Å². The van der Waals surface area contributed by atoms with Gasteiger partial charge in [0.2, 0.25) is 0 Å². The minimum absolute atomic E-state index is 0.0852. The molecule has 23 heavy (non-hydrogen) atoms. The van der Waals surface area contributed by atoms with Gasteiger partial charge in [0.15, 0.2) is 5.78 Å². The second-order valence-corrected chi connectivity index (χ2v) is 8.48. The lowest BCUT2D eigenvalue weighted by Gasteiger charge is -2.55. The quantitative estimate of drug-likeness (QED) is 0.818. The number of hydrogen-bond acceptors (Lipinski definition) is 4. The molecule has 0 bridgehead atoms. The van der Waals surface area contributed by atoms with Gasteiger partial charge in [-0.2, -0.15) is 0 Å². The van der Waals surface area contributed by atoms with Crippen LogP contribution in [0.3, 0.4) is 0 Å². The van der Waals surface area contributed by atoms with Crippen LogP contribution < -0.4 is 0 Å². The Labute approximate surface area is 138 Å². The number of aliphatic hydroxyl groups is 2. The van der Waals surface area contributed by atoms with Crippen LogP contribution in [0.15, 0.2) is 11.6 Å². The maximum absolute atomic E-state index is 12.8. The Morgan fingerprint density at radius 1 is 1.30 bits per heavy atom. The average Bonchev–Trinajstić information content (AvgIpc) is 2.50. The van der Waals surface area contributed by atoms with Crippen molar-refractivity contribution in [2.24, 2.45) is 28.6 Å². The number of aliphatic hydroxyl groups excluding tert-OH is 2. The molecule has 0 spiro atoms. The van der Waals surface area contributed by atoms with Crippen molar-refractivity contribution in [3.63, 3.8) is 0 Å². The highest BCUT2D eigenvalue weighted by Crippen LogP contribution is 2.59. The van der Waals surface area contributed by atoms with Crippen molar-refractivity contribution in [1.29, 1.82) is 0 Å². The number of rotatable bonds is 2. The third-order valence-electron chi connectivity index (χ3n) is 7.10. The summed E-state index contributed by atoms with van der Waals surface area (Å²) in [5.74, 6) is 0.246. The van der Waals surface area contributed by atoms with Gasteiger partial charge in [0.25, 0.3) is 0 Å². The first-order chi connectivity index (χ1) is 10.7. The summed E-state index contributed by atoms with van der Waals surface area (Å²) in [5, 5.41) is 19.5. The van der Waals surface area contributed by atoms with E-state index in [-0.39, 0.29) is 40.8 Å². The zero-order valence-corrected chi connectivity index (χ0v) is 14.3. The van der Waals surface area contributed by atoms with E-state index in [1.807, 2.05) is 13.8 Å². The maximum atomic E-state index is 12.8. The molecule has 2 fully saturated rings. The molecule has 0 heterocycles. The van der Waals surface area contributed by atoms with E-state index < -0.39 is 6.10 Å². The lowest BCUT2D eigenvalue weighted by molar-refractivity contribution is -0.144. The van der Waals surface area contributed by atoms with E-state index >= 15 is 0 Å². The molecule has 0 aromatic rings. The Morgan fingerprint density at radius 2 is 2.00 bits per heavy atom. The predicted molar refractivity (Wildman–Crippen MR) is 86.6 cm³/mol. The average molecular weight is 320 g/mol. The Hall–Kier alpha value is -1.00.